The van der Waals surface area contributed by atoms with E-state index >= 15 is 0 Å². The third-order valence-corrected chi connectivity index (χ3v) is 3.10. The molecule has 2 heterocycles. The van der Waals surface area contributed by atoms with Crippen LogP contribution in [0.5, 0.6) is 0 Å². The molecule has 5 nitrogen and oxygen atoms in total. The summed E-state index contributed by atoms with van der Waals surface area (Å²) in [6.07, 6.45) is 2.89. The summed E-state index contributed by atoms with van der Waals surface area (Å²) in [4.78, 5) is 12.1. The molecule has 1 amide bonds. The molecule has 0 radical (unpaired) electrons. The van der Waals surface area contributed by atoms with E-state index in [0.717, 1.165) is 28.9 Å². The highest BCUT2D eigenvalue weighted by molar-refractivity contribution is 9.10. The van der Waals surface area contributed by atoms with E-state index in [2.05, 4.69) is 33.3 Å². The van der Waals surface area contributed by atoms with Crippen LogP contribution in [-0.4, -0.2) is 15.6 Å². The SMILES string of the molecule is CCCn1cc(Br)cc1C(=O)NCc1cc(C)on1. The predicted molar refractivity (Wildman–Crippen MR) is 74.8 cm³/mol. The van der Waals surface area contributed by atoms with Gasteiger partial charge in [-0.05, 0) is 35.3 Å². The van der Waals surface area contributed by atoms with Crippen LogP contribution >= 0.6 is 15.9 Å². The number of aryl methyl sites for hydroxylation is 2. The molecule has 0 aliphatic rings. The molecule has 0 saturated carbocycles. The van der Waals surface area contributed by atoms with Gasteiger partial charge in [0.15, 0.2) is 0 Å². The Morgan fingerprint density at radius 1 is 1.53 bits per heavy atom. The molecule has 0 saturated heterocycles. The summed E-state index contributed by atoms with van der Waals surface area (Å²) in [5.41, 5.74) is 1.37. The Balaban J connectivity index is 2.03. The molecule has 6 heteroatoms. The number of rotatable bonds is 5. The molecular formula is C13H16BrN3O2. The minimum atomic E-state index is -0.111. The Kier molecular flexibility index (Phi) is 4.42. The lowest BCUT2D eigenvalue weighted by molar-refractivity contribution is 0.0940. The maximum Gasteiger partial charge on any atom is 0.268 e. The fourth-order valence-electron chi connectivity index (χ4n) is 1.85. The molecule has 2 rings (SSSR count). The van der Waals surface area contributed by atoms with Crippen LogP contribution < -0.4 is 5.32 Å². The highest BCUT2D eigenvalue weighted by Gasteiger charge is 2.13. The molecule has 0 spiro atoms. The lowest BCUT2D eigenvalue weighted by Crippen LogP contribution is -2.25. The first-order valence-electron chi connectivity index (χ1n) is 6.16. The first kappa shape index (κ1) is 13.9. The fourth-order valence-corrected chi connectivity index (χ4v) is 2.32. The normalized spacial score (nSPS) is 10.7. The van der Waals surface area contributed by atoms with Crippen LogP contribution in [0.15, 0.2) is 27.3 Å². The van der Waals surface area contributed by atoms with Gasteiger partial charge >= 0.3 is 0 Å². The van der Waals surface area contributed by atoms with E-state index in [9.17, 15) is 4.79 Å². The maximum atomic E-state index is 12.1. The summed E-state index contributed by atoms with van der Waals surface area (Å²) in [7, 11) is 0. The van der Waals surface area contributed by atoms with Crippen molar-refractivity contribution in [3.63, 3.8) is 0 Å². The van der Waals surface area contributed by atoms with Crippen molar-refractivity contribution in [2.24, 2.45) is 0 Å². The molecule has 0 atom stereocenters. The first-order chi connectivity index (χ1) is 9.10. The molecule has 0 unspecified atom stereocenters. The third-order valence-electron chi connectivity index (χ3n) is 2.67. The second-order valence-electron chi connectivity index (χ2n) is 4.35. The van der Waals surface area contributed by atoms with Gasteiger partial charge in [0.2, 0.25) is 0 Å². The van der Waals surface area contributed by atoms with Crippen LogP contribution in [0, 0.1) is 6.92 Å². The molecule has 2 aromatic rings. The largest absolute Gasteiger partial charge is 0.361 e. The summed E-state index contributed by atoms with van der Waals surface area (Å²) in [5.74, 6) is 0.626. The van der Waals surface area contributed by atoms with E-state index in [0.29, 0.717) is 12.2 Å². The number of hydrogen-bond acceptors (Lipinski definition) is 3. The fraction of sp³-hybridized carbons (Fsp3) is 0.385. The van der Waals surface area contributed by atoms with Gasteiger partial charge in [-0.1, -0.05) is 12.1 Å². The topological polar surface area (TPSA) is 60.1 Å². The van der Waals surface area contributed by atoms with Crippen LogP contribution in [0.25, 0.3) is 0 Å². The Bertz CT molecular complexity index is 574. The number of halogens is 1. The number of hydrogen-bond donors (Lipinski definition) is 1. The number of nitrogens with zero attached hydrogens (tertiary/aromatic N) is 2. The highest BCUT2D eigenvalue weighted by atomic mass is 79.9. The molecule has 0 bridgehead atoms. The zero-order valence-corrected chi connectivity index (χ0v) is 12.5. The summed E-state index contributed by atoms with van der Waals surface area (Å²) >= 11 is 3.39. The van der Waals surface area contributed by atoms with Gasteiger partial charge in [-0.3, -0.25) is 4.79 Å². The van der Waals surface area contributed by atoms with Crippen molar-refractivity contribution in [1.82, 2.24) is 15.0 Å². The van der Waals surface area contributed by atoms with E-state index in [1.54, 1.807) is 6.07 Å². The van der Waals surface area contributed by atoms with Crippen molar-refractivity contribution >= 4 is 21.8 Å². The molecular weight excluding hydrogens is 310 g/mol. The number of aromatic nitrogens is 2. The monoisotopic (exact) mass is 325 g/mol. The second-order valence-corrected chi connectivity index (χ2v) is 5.26. The zero-order valence-electron chi connectivity index (χ0n) is 10.9. The number of amides is 1. The van der Waals surface area contributed by atoms with E-state index < -0.39 is 0 Å². The lowest BCUT2D eigenvalue weighted by atomic mass is 10.3. The summed E-state index contributed by atoms with van der Waals surface area (Å²) in [6, 6.07) is 3.63. The van der Waals surface area contributed by atoms with Gasteiger partial charge in [-0.2, -0.15) is 0 Å². The Morgan fingerprint density at radius 2 is 2.32 bits per heavy atom. The lowest BCUT2D eigenvalue weighted by Gasteiger charge is -2.07. The zero-order chi connectivity index (χ0) is 13.8. The van der Waals surface area contributed by atoms with Crippen molar-refractivity contribution in [2.45, 2.75) is 33.4 Å². The van der Waals surface area contributed by atoms with E-state index in [1.165, 1.54) is 0 Å². The second kappa shape index (κ2) is 6.06. The molecule has 2 aromatic heterocycles. The van der Waals surface area contributed by atoms with Crippen LogP contribution in [0.2, 0.25) is 0 Å². The predicted octanol–water partition coefficient (Wildman–Crippen LogP) is 2.89. The molecule has 19 heavy (non-hydrogen) atoms. The minimum Gasteiger partial charge on any atom is -0.361 e. The van der Waals surface area contributed by atoms with Crippen molar-refractivity contribution < 1.29 is 9.32 Å². The van der Waals surface area contributed by atoms with Gasteiger partial charge in [0.25, 0.3) is 5.91 Å². The van der Waals surface area contributed by atoms with Crippen molar-refractivity contribution in [3.05, 3.63) is 40.0 Å². The third kappa shape index (κ3) is 3.47. The van der Waals surface area contributed by atoms with Crippen molar-refractivity contribution in [1.29, 1.82) is 0 Å². The van der Waals surface area contributed by atoms with Gasteiger partial charge in [0.1, 0.15) is 17.1 Å². The smallest absolute Gasteiger partial charge is 0.268 e. The van der Waals surface area contributed by atoms with Crippen LogP contribution in [0.3, 0.4) is 0 Å². The summed E-state index contributed by atoms with van der Waals surface area (Å²) in [5, 5.41) is 6.68. The highest BCUT2D eigenvalue weighted by Crippen LogP contribution is 2.15. The van der Waals surface area contributed by atoms with Gasteiger partial charge in [0, 0.05) is 23.3 Å². The first-order valence-corrected chi connectivity index (χ1v) is 6.95. The van der Waals surface area contributed by atoms with Crippen LogP contribution in [-0.2, 0) is 13.1 Å². The number of carbonyl (C=O) groups excluding carboxylic acids is 1. The van der Waals surface area contributed by atoms with Gasteiger partial charge in [-0.15, -0.1) is 0 Å². The van der Waals surface area contributed by atoms with Gasteiger partial charge < -0.3 is 14.4 Å². The van der Waals surface area contributed by atoms with Crippen LogP contribution in [0.1, 0.15) is 35.3 Å². The van der Waals surface area contributed by atoms with E-state index in [4.69, 9.17) is 4.52 Å². The Labute approximate surface area is 120 Å². The maximum absolute atomic E-state index is 12.1. The molecule has 1 N–H and O–H groups in total. The number of nitrogens with one attached hydrogen (secondary N) is 1. The Hall–Kier alpha value is -1.56. The quantitative estimate of drug-likeness (QED) is 0.919. The molecule has 0 aliphatic carbocycles. The van der Waals surface area contributed by atoms with E-state index in [1.807, 2.05) is 23.8 Å². The van der Waals surface area contributed by atoms with E-state index in [-0.39, 0.29) is 5.91 Å². The van der Waals surface area contributed by atoms with Crippen LogP contribution in [0.4, 0.5) is 0 Å². The molecule has 0 aliphatic heterocycles. The van der Waals surface area contributed by atoms with Crippen molar-refractivity contribution in [2.75, 3.05) is 0 Å². The van der Waals surface area contributed by atoms with Crippen molar-refractivity contribution in [3.8, 4) is 0 Å². The average molecular weight is 326 g/mol. The van der Waals surface area contributed by atoms with Gasteiger partial charge in [0.05, 0.1) is 6.54 Å². The minimum absolute atomic E-state index is 0.111. The Morgan fingerprint density at radius 3 is 2.95 bits per heavy atom. The average Bonchev–Trinajstić information content (AvgIpc) is 2.93. The molecule has 0 fully saturated rings. The summed E-state index contributed by atoms with van der Waals surface area (Å²) in [6.45, 7) is 5.08. The molecule has 102 valence electrons. The standard InChI is InChI=1S/C13H16BrN3O2/c1-3-4-17-8-10(14)6-12(17)13(18)15-7-11-5-9(2)19-16-11/h5-6,8H,3-4,7H2,1-2H3,(H,15,18). The van der Waals surface area contributed by atoms with Gasteiger partial charge in [-0.25, -0.2) is 0 Å². The summed E-state index contributed by atoms with van der Waals surface area (Å²) < 4.78 is 7.80. The number of carbonyl (C=O) groups is 1. The molecule has 0 aromatic carbocycles.